The summed E-state index contributed by atoms with van der Waals surface area (Å²) in [4.78, 5) is 11.2. The third-order valence-corrected chi connectivity index (χ3v) is 12.3. The van der Waals surface area contributed by atoms with Crippen molar-refractivity contribution in [2.75, 3.05) is 0 Å². The van der Waals surface area contributed by atoms with Gasteiger partial charge >= 0.3 is 12.4 Å². The van der Waals surface area contributed by atoms with Gasteiger partial charge in [0.05, 0.1) is 5.76 Å². The van der Waals surface area contributed by atoms with Crippen LogP contribution in [-0.2, 0) is 36.5 Å². The van der Waals surface area contributed by atoms with Crippen LogP contribution in [0.3, 0.4) is 0 Å². The van der Waals surface area contributed by atoms with Crippen LogP contribution < -0.4 is 0 Å². The molecule has 315 valence electrons. The number of aryl methyl sites for hydroxylation is 3. The molecule has 2 nitrogen and oxygen atoms in total. The molecule has 1 radical (unpaired) electrons. The van der Waals surface area contributed by atoms with Gasteiger partial charge in [0.2, 0.25) is 0 Å². The van der Waals surface area contributed by atoms with Crippen LogP contribution in [0.2, 0.25) is 0 Å². The molecule has 1 fully saturated rings. The summed E-state index contributed by atoms with van der Waals surface area (Å²) < 4.78 is 79.1. The van der Waals surface area contributed by atoms with E-state index in [2.05, 4.69) is 84.9 Å². The van der Waals surface area contributed by atoms with Gasteiger partial charge in [-0.15, -0.1) is 23.1 Å². The van der Waals surface area contributed by atoms with Crippen molar-refractivity contribution in [3.05, 3.63) is 106 Å². The summed E-state index contributed by atoms with van der Waals surface area (Å²) in [6.07, 6.45) is -4.29. The first kappa shape index (κ1) is 47.2. The SMILES string of the molecule is CC(C)C/C(O)=C/C(=O)C(F)(F)F.Cc1cc(C2CCC(C)(C)CC2)cc(C)c1-c1sc2c(-c3[c-]c4ccccc4c(C(C)(C)C)c3)[c-]cc(C(F)(F)F)c2c1C.[Ir]. The molecule has 1 heterocycles. The van der Waals surface area contributed by atoms with Crippen LogP contribution in [0.4, 0.5) is 26.3 Å². The van der Waals surface area contributed by atoms with Crippen LogP contribution in [-0.4, -0.2) is 17.1 Å². The zero-order chi connectivity index (χ0) is 42.4. The van der Waals surface area contributed by atoms with E-state index in [1.54, 1.807) is 13.8 Å². The van der Waals surface area contributed by atoms with Crippen LogP contribution >= 0.6 is 11.3 Å². The fourth-order valence-corrected chi connectivity index (χ4v) is 9.50. The molecule has 1 aliphatic rings. The van der Waals surface area contributed by atoms with Gasteiger partial charge in [-0.05, 0) is 103 Å². The molecule has 0 atom stereocenters. The van der Waals surface area contributed by atoms with Crippen LogP contribution in [0.1, 0.15) is 120 Å². The number of hydrogen-bond acceptors (Lipinski definition) is 3. The Balaban J connectivity index is 0.000000460. The molecule has 0 saturated heterocycles. The first-order valence-electron chi connectivity index (χ1n) is 19.4. The third-order valence-electron chi connectivity index (χ3n) is 10.9. The summed E-state index contributed by atoms with van der Waals surface area (Å²) in [6.45, 7) is 20.8. The Morgan fingerprint density at radius 2 is 1.53 bits per heavy atom. The summed E-state index contributed by atoms with van der Waals surface area (Å²) in [6, 6.07) is 22.6. The van der Waals surface area contributed by atoms with Crippen molar-refractivity contribution < 1.29 is 56.3 Å². The second-order valence-corrected chi connectivity index (χ2v) is 18.8. The molecule has 0 bridgehead atoms. The van der Waals surface area contributed by atoms with E-state index in [1.807, 2.05) is 25.1 Å². The molecule has 0 amide bonds. The Labute approximate surface area is 356 Å². The minimum Gasteiger partial charge on any atom is -0.512 e. The molecule has 10 heteroatoms. The largest absolute Gasteiger partial charge is 0.512 e. The zero-order valence-electron chi connectivity index (χ0n) is 34.8. The predicted molar refractivity (Wildman–Crippen MR) is 222 cm³/mol. The van der Waals surface area contributed by atoms with Crippen molar-refractivity contribution in [2.45, 2.75) is 125 Å². The van der Waals surface area contributed by atoms with E-state index >= 15 is 0 Å². The Morgan fingerprint density at radius 3 is 2.07 bits per heavy atom. The van der Waals surface area contributed by atoms with E-state index in [0.717, 1.165) is 49.5 Å². The Kier molecular flexibility index (Phi) is 14.4. The van der Waals surface area contributed by atoms with E-state index in [4.69, 9.17) is 5.11 Å². The molecular formula is C48H52F6IrO2S-2. The molecule has 1 saturated carbocycles. The fraction of sp³-hybridized carbons (Fsp3) is 0.438. The molecule has 5 aromatic rings. The van der Waals surface area contributed by atoms with E-state index in [-0.39, 0.29) is 49.3 Å². The minimum absolute atomic E-state index is 0. The zero-order valence-corrected chi connectivity index (χ0v) is 38.0. The summed E-state index contributed by atoms with van der Waals surface area (Å²) in [7, 11) is 0. The smallest absolute Gasteiger partial charge is 0.454 e. The first-order chi connectivity index (χ1) is 26.3. The van der Waals surface area contributed by atoms with Crippen LogP contribution in [0.25, 0.3) is 42.4 Å². The number of carbonyl (C=O) groups is 1. The maximum atomic E-state index is 14.5. The van der Waals surface area contributed by atoms with Crippen LogP contribution in [0.15, 0.2) is 60.4 Å². The molecule has 1 aliphatic carbocycles. The topological polar surface area (TPSA) is 37.3 Å². The number of benzene rings is 4. The van der Waals surface area contributed by atoms with Crippen molar-refractivity contribution in [3.8, 4) is 21.6 Å². The number of ketones is 1. The molecule has 0 spiro atoms. The monoisotopic (exact) mass is 999 g/mol. The summed E-state index contributed by atoms with van der Waals surface area (Å²) >= 11 is 1.47. The minimum atomic E-state index is -4.90. The number of rotatable bonds is 6. The van der Waals surface area contributed by atoms with Crippen LogP contribution in [0.5, 0.6) is 0 Å². The fourth-order valence-electron chi connectivity index (χ4n) is 7.98. The Morgan fingerprint density at radius 1 is 0.948 bits per heavy atom. The van der Waals surface area contributed by atoms with Crippen molar-refractivity contribution in [3.63, 3.8) is 0 Å². The number of halogens is 6. The number of hydrogen-bond donors (Lipinski definition) is 1. The van der Waals surface area contributed by atoms with Gasteiger partial charge in [0, 0.05) is 37.5 Å². The van der Waals surface area contributed by atoms with Gasteiger partial charge in [-0.25, -0.2) is 0 Å². The molecule has 1 N–H and O–H groups in total. The number of fused-ring (bicyclic) bond motifs is 2. The van der Waals surface area contributed by atoms with Crippen molar-refractivity contribution in [2.24, 2.45) is 11.3 Å². The Hall–Kier alpha value is -3.46. The van der Waals surface area contributed by atoms with Gasteiger partial charge in [0.1, 0.15) is 0 Å². The van der Waals surface area contributed by atoms with Gasteiger partial charge in [-0.3, -0.25) is 4.79 Å². The molecule has 58 heavy (non-hydrogen) atoms. The normalized spacial score (nSPS) is 15.4. The molecule has 4 aromatic carbocycles. The number of allylic oxidation sites excluding steroid dienone is 2. The number of aliphatic hydroxyl groups excluding tert-OH is 1. The Bertz CT molecular complexity index is 2290. The van der Waals surface area contributed by atoms with Crippen molar-refractivity contribution >= 4 is 38.0 Å². The van der Waals surface area contributed by atoms with Crippen molar-refractivity contribution in [1.82, 2.24) is 0 Å². The molecule has 1 aromatic heterocycles. The maximum Gasteiger partial charge on any atom is 0.454 e. The molecule has 6 rings (SSSR count). The second-order valence-electron chi connectivity index (χ2n) is 17.8. The van der Waals surface area contributed by atoms with Gasteiger partial charge in [0.15, 0.2) is 0 Å². The molecule has 0 aliphatic heterocycles. The average molecular weight is 999 g/mol. The summed E-state index contributed by atoms with van der Waals surface area (Å²) in [5.74, 6) is -2.00. The summed E-state index contributed by atoms with van der Waals surface area (Å²) in [5, 5.41) is 11.2. The number of carbonyl (C=O) groups excluding carboxylic acids is 1. The van der Waals surface area contributed by atoms with E-state index in [0.29, 0.717) is 27.2 Å². The molecular weight excluding hydrogens is 947 g/mol. The number of alkyl halides is 6. The van der Waals surface area contributed by atoms with E-state index < -0.39 is 29.5 Å². The van der Waals surface area contributed by atoms with Crippen molar-refractivity contribution in [1.29, 1.82) is 0 Å². The quantitative estimate of drug-likeness (QED) is 0.0797. The maximum absolute atomic E-state index is 14.5. The standard InChI is InChI=1S/C40H41F3S.C8H11F3O2.Ir/c1-23-19-28(26-15-17-39(7,8)18-16-26)20-24(2)34(23)36-25(3)35-32(40(41,42)43)14-13-31(37(35)44-36)29-21-27-11-9-10-12-30(27)33(22-29)38(4,5)6;1-5(2)3-6(12)4-7(13)8(9,10)11;/h9-12,14,19-20,22,26H,15-18H2,1-8H3;4-5,12H,3H2,1-2H3;/q-2;;/b;6-4-;. The summed E-state index contributed by atoms with van der Waals surface area (Å²) in [5.41, 5.74) is 7.59. The van der Waals surface area contributed by atoms with E-state index in [9.17, 15) is 31.1 Å². The van der Waals surface area contributed by atoms with E-state index in [1.165, 1.54) is 42.6 Å². The first-order valence-corrected chi connectivity index (χ1v) is 20.2. The van der Waals surface area contributed by atoms with Crippen LogP contribution in [0, 0.1) is 44.2 Å². The van der Waals surface area contributed by atoms with Gasteiger partial charge < -0.3 is 5.11 Å². The van der Waals surface area contributed by atoms with Gasteiger partial charge in [0.25, 0.3) is 5.78 Å². The second kappa shape index (κ2) is 17.6. The predicted octanol–water partition coefficient (Wildman–Crippen LogP) is 15.5. The number of thiophene rings is 1. The number of aliphatic hydroxyl groups is 1. The van der Waals surface area contributed by atoms with Gasteiger partial charge in [-0.1, -0.05) is 94.3 Å². The molecule has 0 unspecified atom stereocenters. The third kappa shape index (κ3) is 10.6. The average Bonchev–Trinajstić information content (AvgIpc) is 3.41. The van der Waals surface area contributed by atoms with Gasteiger partial charge in [-0.2, -0.15) is 67.0 Å².